The average Bonchev–Trinajstić information content (AvgIpc) is 2.13. The molecule has 24 nitrogen and oxygen atoms in total. The van der Waals surface area contributed by atoms with E-state index in [1.807, 2.05) is 6.92 Å². The molecule has 2 saturated heterocycles. The third kappa shape index (κ3) is 18.9. The van der Waals surface area contributed by atoms with Crippen molar-refractivity contribution >= 4 is 23.7 Å². The van der Waals surface area contributed by atoms with Crippen LogP contribution in [0.3, 0.4) is 0 Å². The Hall–Kier alpha value is -4.80. The molecule has 24 atom stereocenters. The van der Waals surface area contributed by atoms with Crippen LogP contribution < -0.4 is 0 Å². The Kier molecular flexibility index (Phi) is 26.8. The topological polar surface area (TPSA) is 388 Å². The number of aliphatic hydroxyl groups is 10. The maximum atomic E-state index is 13.8. The summed E-state index contributed by atoms with van der Waals surface area (Å²) in [4.78, 5) is 52.9. The van der Waals surface area contributed by atoms with E-state index in [1.165, 1.54) is 25.3 Å². The number of ether oxygens (including phenoxy) is 8. The van der Waals surface area contributed by atoms with Gasteiger partial charge < -0.3 is 99.2 Å². The first-order valence-electron chi connectivity index (χ1n) is 30.1. The summed E-state index contributed by atoms with van der Waals surface area (Å²) in [6.45, 7) is 16.3. The Labute approximate surface area is 503 Å². The van der Waals surface area contributed by atoms with E-state index < -0.39 is 174 Å². The molecule has 5 rings (SSSR count). The zero-order chi connectivity index (χ0) is 64.2. The highest BCUT2D eigenvalue weighted by atomic mass is 16.7. The summed E-state index contributed by atoms with van der Waals surface area (Å²) in [5, 5.41) is 133. The molecule has 1 aromatic rings. The lowest BCUT2D eigenvalue weighted by atomic mass is 9.77. The van der Waals surface area contributed by atoms with E-state index in [4.69, 9.17) is 37.9 Å². The molecule has 0 spiro atoms. The standard InChI is InChI=1S/C62H96O24/c1-12-48(82-51-28-49(57(79-11)36(9)80-51)83-61(77)38-20-21-42(65)46(69)23-38)32(5)53(73)33(6)54(74)34(7)55-35(8)56-58(85-56)43(66)18-14-17-39(64)24-40(81-37(10)63)25-41-26-47(70)59(75)62(78,86-41)60(76)52(72)31(4)16-13-15-29(2)44(67)27-45(68)30(3)19-22-50(71)84-55/h19-23,28-35,39-41,43-45,47-48,51-56,58-59,64-70,72-75,78H,12-18,24-27H2,1-11H3/b22-19-/t29-,30?,31+,32?,33?,34?,35?,39-,40-,41?,43-,44-,45+,47-,48?,51?,52-,53?,54?,55?,56+,58-,59+,62-/m0/s1. The van der Waals surface area contributed by atoms with Gasteiger partial charge in [0.25, 0.3) is 5.79 Å². The van der Waals surface area contributed by atoms with Crippen molar-refractivity contribution in [2.45, 2.75) is 244 Å². The third-order valence-corrected chi connectivity index (χ3v) is 17.8. The number of hydrogen-bond acceptors (Lipinski definition) is 24. The van der Waals surface area contributed by atoms with Crippen LogP contribution in [0.2, 0.25) is 0 Å². The molecule has 2 bridgehead atoms. The number of aliphatic hydroxyl groups excluding tert-OH is 9. The normalized spacial score (nSPS) is 36.8. The minimum Gasteiger partial charge on any atom is -0.504 e. The quantitative estimate of drug-likeness (QED) is 0.0581. The van der Waals surface area contributed by atoms with Gasteiger partial charge in [0.1, 0.15) is 36.3 Å². The summed E-state index contributed by atoms with van der Waals surface area (Å²) in [5.41, 5.74) is -0.0702. The van der Waals surface area contributed by atoms with Crippen LogP contribution in [0.4, 0.5) is 0 Å². The Morgan fingerprint density at radius 2 is 1.44 bits per heavy atom. The number of ketones is 1. The minimum atomic E-state index is -3.04. The van der Waals surface area contributed by atoms with Gasteiger partial charge in [0.15, 0.2) is 23.0 Å². The molecule has 24 heteroatoms. The Bertz CT molecular complexity index is 2480. The number of carbonyl (C=O) groups excluding carboxylic acids is 4. The number of rotatable bonds is 13. The molecule has 488 valence electrons. The highest BCUT2D eigenvalue weighted by molar-refractivity contribution is 5.91. The molecular weight excluding hydrogens is 1130 g/mol. The first-order chi connectivity index (χ1) is 40.3. The molecular formula is C62H96O24. The molecule has 0 saturated carbocycles. The molecule has 11 unspecified atom stereocenters. The van der Waals surface area contributed by atoms with Gasteiger partial charge in [-0.15, -0.1) is 0 Å². The van der Waals surface area contributed by atoms with E-state index in [2.05, 4.69) is 0 Å². The maximum Gasteiger partial charge on any atom is 0.343 e. The fourth-order valence-electron chi connectivity index (χ4n) is 12.0. The van der Waals surface area contributed by atoms with Gasteiger partial charge in [-0.1, -0.05) is 67.9 Å². The molecule has 2 fully saturated rings. The van der Waals surface area contributed by atoms with Crippen molar-refractivity contribution in [3.63, 3.8) is 0 Å². The van der Waals surface area contributed by atoms with Crippen LogP contribution in [-0.4, -0.2) is 196 Å². The number of phenolic OH excluding ortho intramolecular Hbond substituents is 2. The number of cyclic esters (lactones) is 1. The summed E-state index contributed by atoms with van der Waals surface area (Å²) >= 11 is 0. The SMILES string of the molecule is CCC(OC1C=C(OC(=O)c2ccc(O)c(O)c2)C(OC)=C(C)O1)C(C)C(O)C(C)C(O)C(C)C1OC(=O)/C=C\C(C)[C@H](O)C[C@H](O)[C@@H](C)CCC[C@@H](C)[C@H](O)C(=O)[C@@]2(O)OC(C[C@@H](OC(C)=O)C[C@@H](O)CCC[C@H](O)[C@@H]3O[C@@H]3C1C)C[C@H](O)[C@H]2O. The number of Topliss-reactive ketones (excluding diaryl/α,β-unsaturated/α-hetero) is 1. The van der Waals surface area contributed by atoms with E-state index in [9.17, 15) is 80.5 Å². The molecule has 0 radical (unpaired) electrons. The van der Waals surface area contributed by atoms with Gasteiger partial charge in [0, 0.05) is 74.3 Å². The van der Waals surface area contributed by atoms with Crippen molar-refractivity contribution in [3.05, 3.63) is 59.3 Å². The summed E-state index contributed by atoms with van der Waals surface area (Å²) < 4.78 is 46.8. The van der Waals surface area contributed by atoms with Gasteiger partial charge in [-0.3, -0.25) is 9.59 Å². The Morgan fingerprint density at radius 1 is 0.779 bits per heavy atom. The zero-order valence-corrected chi connectivity index (χ0v) is 51.3. The molecule has 4 heterocycles. The van der Waals surface area contributed by atoms with E-state index in [0.29, 0.717) is 19.3 Å². The molecule has 4 aliphatic rings. The molecule has 0 aliphatic carbocycles. The number of hydrogen-bond donors (Lipinski definition) is 12. The van der Waals surface area contributed by atoms with Gasteiger partial charge in [0.2, 0.25) is 12.1 Å². The van der Waals surface area contributed by atoms with Crippen molar-refractivity contribution in [2.24, 2.45) is 41.4 Å². The van der Waals surface area contributed by atoms with Gasteiger partial charge in [-0.2, -0.15) is 0 Å². The van der Waals surface area contributed by atoms with Gasteiger partial charge in [-0.25, -0.2) is 9.59 Å². The highest BCUT2D eigenvalue weighted by Gasteiger charge is 2.56. The van der Waals surface area contributed by atoms with Crippen molar-refractivity contribution in [1.29, 1.82) is 0 Å². The Balaban J connectivity index is 1.34. The second-order valence-corrected chi connectivity index (χ2v) is 24.5. The van der Waals surface area contributed by atoms with E-state index >= 15 is 0 Å². The van der Waals surface area contributed by atoms with Crippen LogP contribution in [0.5, 0.6) is 11.5 Å². The van der Waals surface area contributed by atoms with Crippen molar-refractivity contribution in [1.82, 2.24) is 0 Å². The van der Waals surface area contributed by atoms with Gasteiger partial charge in [0.05, 0.1) is 73.7 Å². The Morgan fingerprint density at radius 3 is 2.08 bits per heavy atom. The predicted octanol–water partition coefficient (Wildman–Crippen LogP) is 3.61. The number of aromatic hydroxyl groups is 2. The second-order valence-electron chi connectivity index (χ2n) is 24.5. The first kappa shape index (κ1) is 71.9. The molecule has 12 N–H and O–H groups in total. The molecule has 86 heavy (non-hydrogen) atoms. The van der Waals surface area contributed by atoms with Crippen molar-refractivity contribution < 1.29 is 118 Å². The lowest BCUT2D eigenvalue weighted by Crippen LogP contribution is -2.65. The number of fused-ring (bicyclic) bond motifs is 3. The minimum absolute atomic E-state index is 0.0570. The number of methoxy groups -OCH3 is 1. The number of allylic oxidation sites excluding steroid dienone is 1. The van der Waals surface area contributed by atoms with Crippen molar-refractivity contribution in [3.8, 4) is 11.5 Å². The van der Waals surface area contributed by atoms with Crippen LogP contribution in [0, 0.1) is 41.4 Å². The monoisotopic (exact) mass is 1220 g/mol. The van der Waals surface area contributed by atoms with Crippen LogP contribution in [0.1, 0.15) is 150 Å². The molecule has 1 aromatic carbocycles. The number of carbonyl (C=O) groups is 4. The summed E-state index contributed by atoms with van der Waals surface area (Å²) in [6.07, 6.45) is -14.3. The second kappa shape index (κ2) is 32.1. The summed E-state index contributed by atoms with van der Waals surface area (Å²) in [5.74, 6) is -12.5. The predicted molar refractivity (Wildman–Crippen MR) is 305 cm³/mol. The lowest BCUT2D eigenvalue weighted by molar-refractivity contribution is -0.309. The first-order valence-corrected chi connectivity index (χ1v) is 30.1. The maximum absolute atomic E-state index is 13.8. The fraction of sp³-hybridized carbons (Fsp3) is 0.742. The molecule has 0 amide bonds. The number of benzene rings is 1. The third-order valence-electron chi connectivity index (χ3n) is 17.8. The fourth-order valence-corrected chi connectivity index (χ4v) is 12.0. The van der Waals surface area contributed by atoms with Crippen LogP contribution in [0.25, 0.3) is 0 Å². The van der Waals surface area contributed by atoms with E-state index in [-0.39, 0.29) is 80.1 Å². The number of esters is 3. The van der Waals surface area contributed by atoms with E-state index in [1.54, 1.807) is 55.4 Å². The average molecular weight is 1230 g/mol. The number of epoxide rings is 1. The van der Waals surface area contributed by atoms with Gasteiger partial charge in [-0.05, 0) is 75.5 Å². The van der Waals surface area contributed by atoms with Crippen molar-refractivity contribution in [2.75, 3.05) is 7.11 Å². The van der Waals surface area contributed by atoms with Gasteiger partial charge >= 0.3 is 17.9 Å². The van der Waals surface area contributed by atoms with Crippen LogP contribution >= 0.6 is 0 Å². The summed E-state index contributed by atoms with van der Waals surface area (Å²) in [6, 6.07) is 3.43. The molecule has 4 aliphatic heterocycles. The lowest BCUT2D eigenvalue weighted by Gasteiger charge is -2.44. The largest absolute Gasteiger partial charge is 0.504 e. The van der Waals surface area contributed by atoms with Crippen LogP contribution in [0.15, 0.2) is 53.7 Å². The molecule has 0 aromatic heterocycles. The zero-order valence-electron chi connectivity index (χ0n) is 51.3. The van der Waals surface area contributed by atoms with E-state index in [0.717, 1.165) is 25.1 Å². The summed E-state index contributed by atoms with van der Waals surface area (Å²) in [7, 11) is 1.35. The highest BCUT2D eigenvalue weighted by Crippen LogP contribution is 2.41. The van der Waals surface area contributed by atoms with Crippen LogP contribution in [-0.2, 0) is 52.3 Å². The smallest absolute Gasteiger partial charge is 0.343 e. The number of phenols is 2.